The summed E-state index contributed by atoms with van der Waals surface area (Å²) in [5.74, 6) is 2.62. The highest BCUT2D eigenvalue weighted by Crippen LogP contribution is 2.34. The van der Waals surface area contributed by atoms with Crippen molar-refractivity contribution in [1.29, 1.82) is 0 Å². The number of rotatable bonds is 9. The Morgan fingerprint density at radius 1 is 0.917 bits per heavy atom. The molecule has 182 valence electrons. The van der Waals surface area contributed by atoms with Crippen molar-refractivity contribution < 1.29 is 13.9 Å². The van der Waals surface area contributed by atoms with Crippen molar-refractivity contribution in [2.45, 2.75) is 39.4 Å². The molecule has 36 heavy (non-hydrogen) atoms. The normalized spacial score (nSPS) is 12.4. The number of unbranched alkanes of at least 4 members (excludes halogenated alkanes) is 1. The number of imidazole rings is 1. The summed E-state index contributed by atoms with van der Waals surface area (Å²) in [6.45, 7) is 4.89. The molecule has 0 fully saturated rings. The molecular weight excluding hydrogens is 450 g/mol. The van der Waals surface area contributed by atoms with Crippen LogP contribution >= 0.6 is 0 Å². The molecule has 6 heteroatoms. The van der Waals surface area contributed by atoms with E-state index in [0.29, 0.717) is 0 Å². The summed E-state index contributed by atoms with van der Waals surface area (Å²) in [5, 5.41) is 1.09. The first-order valence-electron chi connectivity index (χ1n) is 12.5. The molecule has 2 aromatic heterocycles. The summed E-state index contributed by atoms with van der Waals surface area (Å²) in [6, 6.07) is 25.0. The van der Waals surface area contributed by atoms with Crippen LogP contribution in [0.15, 0.2) is 89.7 Å². The van der Waals surface area contributed by atoms with Gasteiger partial charge in [-0.3, -0.25) is 0 Å². The van der Waals surface area contributed by atoms with Crippen molar-refractivity contribution in [3.8, 4) is 22.9 Å². The lowest BCUT2D eigenvalue weighted by Gasteiger charge is -2.26. The Kier molecular flexibility index (Phi) is 6.08. The Labute approximate surface area is 210 Å². The zero-order chi connectivity index (χ0) is 24.3. The van der Waals surface area contributed by atoms with E-state index in [9.17, 15) is 0 Å². The van der Waals surface area contributed by atoms with Crippen LogP contribution < -0.4 is 14.4 Å². The fraction of sp³-hybridized carbons (Fsp3) is 0.233. The molecule has 6 rings (SSSR count). The number of nitrogens with zero attached hydrogens (tertiary/aromatic N) is 3. The highest BCUT2D eigenvalue weighted by molar-refractivity contribution is 5.81. The first kappa shape index (κ1) is 22.3. The Balaban J connectivity index is 1.37. The number of anilines is 1. The van der Waals surface area contributed by atoms with Crippen molar-refractivity contribution in [2.24, 2.45) is 0 Å². The molecule has 3 heterocycles. The molecule has 0 amide bonds. The lowest BCUT2D eigenvalue weighted by Crippen LogP contribution is -2.24. The quantitative estimate of drug-likeness (QED) is 0.227. The van der Waals surface area contributed by atoms with E-state index < -0.39 is 0 Å². The zero-order valence-corrected chi connectivity index (χ0v) is 20.4. The van der Waals surface area contributed by atoms with Crippen LogP contribution in [-0.4, -0.2) is 16.3 Å². The van der Waals surface area contributed by atoms with E-state index in [2.05, 4.69) is 64.9 Å². The smallest absolute Gasteiger partial charge is 0.231 e. The highest BCUT2D eigenvalue weighted by atomic mass is 16.7. The van der Waals surface area contributed by atoms with Crippen LogP contribution in [0.2, 0.25) is 0 Å². The van der Waals surface area contributed by atoms with Gasteiger partial charge in [-0.15, -0.1) is 0 Å². The topological polar surface area (TPSA) is 52.7 Å². The Morgan fingerprint density at radius 3 is 2.69 bits per heavy atom. The van der Waals surface area contributed by atoms with Crippen LogP contribution in [-0.2, 0) is 19.6 Å². The number of hydrogen-bond acceptors (Lipinski definition) is 5. The van der Waals surface area contributed by atoms with E-state index >= 15 is 0 Å². The molecule has 0 saturated heterocycles. The van der Waals surface area contributed by atoms with Crippen LogP contribution in [0.3, 0.4) is 0 Å². The van der Waals surface area contributed by atoms with Gasteiger partial charge in [0.05, 0.1) is 24.7 Å². The average molecular weight is 480 g/mol. The molecule has 0 radical (unpaired) electrons. The fourth-order valence-corrected chi connectivity index (χ4v) is 4.77. The van der Waals surface area contributed by atoms with Gasteiger partial charge < -0.3 is 23.4 Å². The summed E-state index contributed by atoms with van der Waals surface area (Å²) in [5.41, 5.74) is 5.51. The Bertz CT molecular complexity index is 1470. The van der Waals surface area contributed by atoms with E-state index in [0.717, 1.165) is 77.6 Å². The van der Waals surface area contributed by atoms with Crippen LogP contribution in [0, 0.1) is 0 Å². The van der Waals surface area contributed by atoms with Crippen LogP contribution in [0.5, 0.6) is 11.5 Å². The first-order valence-corrected chi connectivity index (χ1v) is 12.5. The highest BCUT2D eigenvalue weighted by Gasteiger charge is 2.19. The molecule has 0 N–H and O–H groups in total. The zero-order valence-electron chi connectivity index (χ0n) is 20.4. The minimum absolute atomic E-state index is 0.276. The lowest BCUT2D eigenvalue weighted by atomic mass is 10.1. The maximum absolute atomic E-state index is 5.64. The summed E-state index contributed by atoms with van der Waals surface area (Å²) >= 11 is 0. The monoisotopic (exact) mass is 479 g/mol. The summed E-state index contributed by atoms with van der Waals surface area (Å²) in [6.07, 6.45) is 6.00. The van der Waals surface area contributed by atoms with Crippen molar-refractivity contribution in [3.05, 3.63) is 96.5 Å². The third-order valence-electron chi connectivity index (χ3n) is 6.67. The SMILES string of the molecule is CCCCn1c(CN(Cc2ccc3c(c2)OCO3)c2ccc3occc3c2)cnc1-c1ccccc1. The standard InChI is InChI=1S/C30H29N3O3/c1-2-3-14-33-26(18-31-30(33)23-7-5-4-6-8-23)20-32(25-10-12-27-24(17-25)13-15-34-27)19-22-9-11-28-29(16-22)36-21-35-28/h4-13,15-18H,2-3,14,19-21H2,1H3. The summed E-state index contributed by atoms with van der Waals surface area (Å²) in [7, 11) is 0. The second-order valence-electron chi connectivity index (χ2n) is 9.13. The maximum atomic E-state index is 5.64. The Hall–Kier alpha value is -4.19. The van der Waals surface area contributed by atoms with E-state index in [1.54, 1.807) is 6.26 Å². The molecule has 0 bridgehead atoms. The molecule has 0 aliphatic carbocycles. The van der Waals surface area contributed by atoms with Crippen LogP contribution in [0.4, 0.5) is 5.69 Å². The van der Waals surface area contributed by atoms with Crippen LogP contribution in [0.1, 0.15) is 31.0 Å². The molecular formula is C30H29N3O3. The van der Waals surface area contributed by atoms with Gasteiger partial charge in [0.2, 0.25) is 6.79 Å². The maximum Gasteiger partial charge on any atom is 0.231 e. The molecule has 6 nitrogen and oxygen atoms in total. The number of hydrogen-bond donors (Lipinski definition) is 0. The number of furan rings is 1. The molecule has 3 aromatic carbocycles. The van der Waals surface area contributed by atoms with Crippen molar-refractivity contribution in [3.63, 3.8) is 0 Å². The minimum atomic E-state index is 0.276. The first-order chi connectivity index (χ1) is 17.8. The number of ether oxygens (including phenoxy) is 2. The number of benzene rings is 3. The van der Waals surface area contributed by atoms with Gasteiger partial charge in [-0.1, -0.05) is 49.7 Å². The third-order valence-corrected chi connectivity index (χ3v) is 6.67. The van der Waals surface area contributed by atoms with Gasteiger partial charge in [-0.2, -0.15) is 0 Å². The van der Waals surface area contributed by atoms with E-state index in [4.69, 9.17) is 18.9 Å². The predicted molar refractivity (Wildman–Crippen MR) is 141 cm³/mol. The van der Waals surface area contributed by atoms with Gasteiger partial charge >= 0.3 is 0 Å². The largest absolute Gasteiger partial charge is 0.464 e. The van der Waals surface area contributed by atoms with E-state index in [1.807, 2.05) is 30.5 Å². The van der Waals surface area contributed by atoms with Gasteiger partial charge in [-0.25, -0.2) is 4.98 Å². The molecule has 0 atom stereocenters. The second kappa shape index (κ2) is 9.82. The van der Waals surface area contributed by atoms with E-state index in [1.165, 1.54) is 5.69 Å². The third kappa shape index (κ3) is 4.42. The minimum Gasteiger partial charge on any atom is -0.464 e. The van der Waals surface area contributed by atoms with Crippen molar-refractivity contribution in [1.82, 2.24) is 9.55 Å². The molecule has 1 aliphatic rings. The number of aromatic nitrogens is 2. The fourth-order valence-electron chi connectivity index (χ4n) is 4.77. The van der Waals surface area contributed by atoms with Gasteiger partial charge in [0.1, 0.15) is 11.4 Å². The van der Waals surface area contributed by atoms with Gasteiger partial charge in [0.25, 0.3) is 0 Å². The number of fused-ring (bicyclic) bond motifs is 2. The van der Waals surface area contributed by atoms with Crippen LogP contribution in [0.25, 0.3) is 22.4 Å². The Morgan fingerprint density at radius 2 is 1.81 bits per heavy atom. The molecule has 0 unspecified atom stereocenters. The van der Waals surface area contributed by atoms with Crippen molar-refractivity contribution >= 4 is 16.7 Å². The molecule has 0 spiro atoms. The van der Waals surface area contributed by atoms with E-state index in [-0.39, 0.29) is 6.79 Å². The molecule has 1 aliphatic heterocycles. The molecule has 5 aromatic rings. The second-order valence-corrected chi connectivity index (χ2v) is 9.13. The summed E-state index contributed by atoms with van der Waals surface area (Å²) < 4.78 is 19.1. The summed E-state index contributed by atoms with van der Waals surface area (Å²) in [4.78, 5) is 7.25. The molecule has 0 saturated carbocycles. The van der Waals surface area contributed by atoms with Gasteiger partial charge in [0.15, 0.2) is 11.5 Å². The predicted octanol–water partition coefficient (Wildman–Crippen LogP) is 7.03. The van der Waals surface area contributed by atoms with Gasteiger partial charge in [-0.05, 0) is 48.4 Å². The van der Waals surface area contributed by atoms with Gasteiger partial charge in [0, 0.05) is 29.7 Å². The lowest BCUT2D eigenvalue weighted by molar-refractivity contribution is 0.174. The average Bonchev–Trinajstić information content (AvgIpc) is 3.66. The van der Waals surface area contributed by atoms with Crippen molar-refractivity contribution in [2.75, 3.05) is 11.7 Å².